The third-order valence-corrected chi connectivity index (χ3v) is 3.80. The maximum absolute atomic E-state index is 13.2. The molecular formula is C14H11BrClFO. The maximum atomic E-state index is 13.2. The molecule has 0 saturated heterocycles. The number of rotatable bonds is 3. The summed E-state index contributed by atoms with van der Waals surface area (Å²) in [6, 6.07) is 11.8. The lowest BCUT2D eigenvalue weighted by molar-refractivity contribution is 0.414. The van der Waals surface area contributed by atoms with Crippen LogP contribution in [0.3, 0.4) is 0 Å². The van der Waals surface area contributed by atoms with E-state index in [0.29, 0.717) is 0 Å². The number of hydrogen-bond acceptors (Lipinski definition) is 1. The summed E-state index contributed by atoms with van der Waals surface area (Å²) in [6.07, 6.45) is 0. The average molecular weight is 330 g/mol. The first-order valence-electron chi connectivity index (χ1n) is 5.35. The van der Waals surface area contributed by atoms with Crippen molar-refractivity contribution < 1.29 is 9.13 Å². The Morgan fingerprint density at radius 1 is 1.22 bits per heavy atom. The molecule has 0 aliphatic rings. The number of alkyl halides is 1. The van der Waals surface area contributed by atoms with Crippen molar-refractivity contribution >= 4 is 27.5 Å². The van der Waals surface area contributed by atoms with Crippen LogP contribution in [-0.4, -0.2) is 7.11 Å². The fourth-order valence-electron chi connectivity index (χ4n) is 1.68. The van der Waals surface area contributed by atoms with Crippen LogP contribution in [-0.2, 0) is 0 Å². The summed E-state index contributed by atoms with van der Waals surface area (Å²) < 4.78 is 19.1. The highest BCUT2D eigenvalue weighted by molar-refractivity contribution is 9.10. The maximum Gasteiger partial charge on any atom is 0.123 e. The molecule has 2 rings (SSSR count). The first-order chi connectivity index (χ1) is 8.61. The van der Waals surface area contributed by atoms with Crippen molar-refractivity contribution in [3.63, 3.8) is 0 Å². The lowest BCUT2D eigenvalue weighted by atomic mass is 10.0. The predicted molar refractivity (Wildman–Crippen MR) is 74.8 cm³/mol. The highest BCUT2D eigenvalue weighted by Crippen LogP contribution is 2.35. The average Bonchev–Trinajstić information content (AvgIpc) is 2.37. The molecule has 1 atom stereocenters. The molecule has 2 aromatic carbocycles. The third-order valence-electron chi connectivity index (χ3n) is 2.62. The van der Waals surface area contributed by atoms with E-state index in [4.69, 9.17) is 16.3 Å². The van der Waals surface area contributed by atoms with Gasteiger partial charge in [-0.05, 0) is 35.4 Å². The van der Waals surface area contributed by atoms with Gasteiger partial charge < -0.3 is 4.74 Å². The van der Waals surface area contributed by atoms with Gasteiger partial charge in [-0.25, -0.2) is 4.39 Å². The molecule has 0 radical (unpaired) electrons. The summed E-state index contributed by atoms with van der Waals surface area (Å²) in [5, 5.41) is -0.402. The van der Waals surface area contributed by atoms with Crippen LogP contribution in [0.5, 0.6) is 5.75 Å². The molecule has 0 heterocycles. The lowest BCUT2D eigenvalue weighted by Gasteiger charge is -2.13. The molecule has 18 heavy (non-hydrogen) atoms. The zero-order valence-corrected chi connectivity index (χ0v) is 12.0. The zero-order chi connectivity index (χ0) is 13.1. The molecule has 1 nitrogen and oxygen atoms in total. The molecule has 94 valence electrons. The molecule has 0 aliphatic heterocycles. The van der Waals surface area contributed by atoms with Crippen molar-refractivity contribution in [2.45, 2.75) is 5.38 Å². The molecule has 0 aromatic heterocycles. The van der Waals surface area contributed by atoms with Gasteiger partial charge in [0.05, 0.1) is 12.5 Å². The molecule has 0 bridgehead atoms. The van der Waals surface area contributed by atoms with E-state index in [1.807, 2.05) is 18.2 Å². The highest BCUT2D eigenvalue weighted by atomic mass is 79.9. The van der Waals surface area contributed by atoms with E-state index < -0.39 is 5.38 Å². The Labute approximate surface area is 119 Å². The van der Waals surface area contributed by atoms with E-state index in [1.54, 1.807) is 19.2 Å². The standard InChI is InChI=1S/C14H11BrClFO/c1-18-11-5-6-12(13(15)8-11)14(16)9-3-2-4-10(17)7-9/h2-8,14H,1H3. The van der Waals surface area contributed by atoms with Gasteiger partial charge in [0.1, 0.15) is 11.6 Å². The predicted octanol–water partition coefficient (Wildman–Crippen LogP) is 4.93. The monoisotopic (exact) mass is 328 g/mol. The summed E-state index contributed by atoms with van der Waals surface area (Å²) in [6.45, 7) is 0. The Kier molecular flexibility index (Phi) is 4.25. The highest BCUT2D eigenvalue weighted by Gasteiger charge is 2.15. The minimum Gasteiger partial charge on any atom is -0.497 e. The molecule has 4 heteroatoms. The molecule has 1 unspecified atom stereocenters. The van der Waals surface area contributed by atoms with Crippen LogP contribution in [0, 0.1) is 5.82 Å². The lowest BCUT2D eigenvalue weighted by Crippen LogP contribution is -1.96. The third kappa shape index (κ3) is 2.85. The van der Waals surface area contributed by atoms with E-state index in [1.165, 1.54) is 12.1 Å². The van der Waals surface area contributed by atoms with Gasteiger partial charge in [0.15, 0.2) is 0 Å². The van der Waals surface area contributed by atoms with Gasteiger partial charge in [0, 0.05) is 4.47 Å². The van der Waals surface area contributed by atoms with E-state index in [9.17, 15) is 4.39 Å². The first-order valence-corrected chi connectivity index (χ1v) is 6.57. The van der Waals surface area contributed by atoms with E-state index in [-0.39, 0.29) is 5.82 Å². The molecule has 0 spiro atoms. The SMILES string of the molecule is COc1ccc(C(Cl)c2cccc(F)c2)c(Br)c1. The fourth-order valence-corrected chi connectivity index (χ4v) is 2.73. The van der Waals surface area contributed by atoms with Crippen molar-refractivity contribution in [2.75, 3.05) is 7.11 Å². The van der Waals surface area contributed by atoms with Crippen LogP contribution in [0.15, 0.2) is 46.9 Å². The van der Waals surface area contributed by atoms with Gasteiger partial charge in [0.25, 0.3) is 0 Å². The zero-order valence-electron chi connectivity index (χ0n) is 9.66. The summed E-state index contributed by atoms with van der Waals surface area (Å²) in [5.41, 5.74) is 1.60. The molecule has 0 N–H and O–H groups in total. The van der Waals surface area contributed by atoms with Crippen LogP contribution in [0.2, 0.25) is 0 Å². The van der Waals surface area contributed by atoms with Crippen LogP contribution in [0.25, 0.3) is 0 Å². The summed E-state index contributed by atoms with van der Waals surface area (Å²) in [4.78, 5) is 0. The normalized spacial score (nSPS) is 12.2. The molecule has 0 amide bonds. The fraction of sp³-hybridized carbons (Fsp3) is 0.143. The topological polar surface area (TPSA) is 9.23 Å². The smallest absolute Gasteiger partial charge is 0.123 e. The molecule has 2 aromatic rings. The Morgan fingerprint density at radius 3 is 2.61 bits per heavy atom. The number of halogens is 3. The Bertz CT molecular complexity index is 559. The Morgan fingerprint density at radius 2 is 2.00 bits per heavy atom. The quantitative estimate of drug-likeness (QED) is 0.726. The van der Waals surface area contributed by atoms with Crippen LogP contribution in [0.1, 0.15) is 16.5 Å². The van der Waals surface area contributed by atoms with Crippen molar-refractivity contribution in [2.24, 2.45) is 0 Å². The Hall–Kier alpha value is -1.06. The summed E-state index contributed by atoms with van der Waals surface area (Å²) in [5.74, 6) is 0.455. The molecule has 0 saturated carbocycles. The van der Waals surface area contributed by atoms with Gasteiger partial charge >= 0.3 is 0 Å². The van der Waals surface area contributed by atoms with Gasteiger partial charge in [-0.3, -0.25) is 0 Å². The van der Waals surface area contributed by atoms with Crippen molar-refractivity contribution in [1.29, 1.82) is 0 Å². The van der Waals surface area contributed by atoms with Crippen molar-refractivity contribution in [1.82, 2.24) is 0 Å². The van der Waals surface area contributed by atoms with Gasteiger partial charge in [-0.1, -0.05) is 34.1 Å². The minimum absolute atomic E-state index is 0.289. The molecule has 0 fully saturated rings. The van der Waals surface area contributed by atoms with Gasteiger partial charge in [0.2, 0.25) is 0 Å². The number of benzene rings is 2. The largest absolute Gasteiger partial charge is 0.497 e. The number of hydrogen-bond donors (Lipinski definition) is 0. The van der Waals surface area contributed by atoms with Crippen LogP contribution < -0.4 is 4.74 Å². The van der Waals surface area contributed by atoms with Gasteiger partial charge in [-0.2, -0.15) is 0 Å². The summed E-state index contributed by atoms with van der Waals surface area (Å²) in [7, 11) is 1.60. The number of methoxy groups -OCH3 is 1. The minimum atomic E-state index is -0.402. The second-order valence-electron chi connectivity index (χ2n) is 3.81. The first kappa shape index (κ1) is 13.4. The van der Waals surface area contributed by atoms with Crippen LogP contribution >= 0.6 is 27.5 Å². The Balaban J connectivity index is 2.37. The van der Waals surface area contributed by atoms with Crippen molar-refractivity contribution in [3.05, 3.63) is 63.9 Å². The van der Waals surface area contributed by atoms with Gasteiger partial charge in [-0.15, -0.1) is 11.6 Å². The van der Waals surface area contributed by atoms with Crippen molar-refractivity contribution in [3.8, 4) is 5.75 Å². The number of ether oxygens (including phenoxy) is 1. The summed E-state index contributed by atoms with van der Waals surface area (Å²) >= 11 is 9.81. The molecule has 0 aliphatic carbocycles. The van der Waals surface area contributed by atoms with E-state index in [0.717, 1.165) is 21.3 Å². The second-order valence-corrected chi connectivity index (χ2v) is 5.10. The van der Waals surface area contributed by atoms with E-state index >= 15 is 0 Å². The van der Waals surface area contributed by atoms with Crippen LogP contribution in [0.4, 0.5) is 4.39 Å². The molecular weight excluding hydrogens is 319 g/mol. The second kappa shape index (κ2) is 5.72. The van der Waals surface area contributed by atoms with E-state index in [2.05, 4.69) is 15.9 Å².